The third kappa shape index (κ3) is 4.54. The van der Waals surface area contributed by atoms with Crippen LogP contribution in [0.2, 0.25) is 5.02 Å². The van der Waals surface area contributed by atoms with Gasteiger partial charge in [0.2, 0.25) is 0 Å². The molecule has 0 unspecified atom stereocenters. The first-order valence-electron chi connectivity index (χ1n) is 5.32. The van der Waals surface area contributed by atoms with Crippen LogP contribution in [0.25, 0.3) is 0 Å². The molecular weight excluding hydrogens is 276 g/mol. The molecule has 0 aliphatic carbocycles. The number of urea groups is 1. The van der Waals surface area contributed by atoms with E-state index in [0.29, 0.717) is 17.3 Å². The molecular formula is C11H15ClN2O3S. The van der Waals surface area contributed by atoms with Gasteiger partial charge in [-0.3, -0.25) is 4.90 Å². The summed E-state index contributed by atoms with van der Waals surface area (Å²) in [4.78, 5) is 13.0. The van der Waals surface area contributed by atoms with Gasteiger partial charge in [-0.25, -0.2) is 13.2 Å². The van der Waals surface area contributed by atoms with Gasteiger partial charge in [-0.15, -0.1) is 0 Å². The van der Waals surface area contributed by atoms with E-state index in [-0.39, 0.29) is 5.88 Å². The van der Waals surface area contributed by atoms with E-state index in [0.717, 1.165) is 11.2 Å². The molecule has 5 nitrogen and oxygen atoms in total. The smallest absolute Gasteiger partial charge is 0.322 e. The van der Waals surface area contributed by atoms with Crippen molar-refractivity contribution in [1.82, 2.24) is 5.32 Å². The fraction of sp³-hybridized carbons (Fsp3) is 0.364. The van der Waals surface area contributed by atoms with E-state index in [9.17, 15) is 13.2 Å². The number of hydrogen-bond donors (Lipinski definition) is 1. The molecule has 0 aliphatic heterocycles. The third-order valence-electron chi connectivity index (χ3n) is 2.06. The Kier molecular flexibility index (Phi) is 4.98. The molecule has 100 valence electrons. The Morgan fingerprint density at radius 2 is 2.11 bits per heavy atom. The van der Waals surface area contributed by atoms with E-state index in [4.69, 9.17) is 11.6 Å². The predicted molar refractivity (Wildman–Crippen MR) is 72.7 cm³/mol. The number of carbonyl (C=O) groups excluding carboxylic acids is 1. The minimum atomic E-state index is -3.33. The van der Waals surface area contributed by atoms with Crippen LogP contribution >= 0.6 is 11.6 Å². The summed E-state index contributed by atoms with van der Waals surface area (Å²) in [6.07, 6.45) is 1.07. The first-order chi connectivity index (χ1) is 8.33. The van der Waals surface area contributed by atoms with Crippen LogP contribution in [0, 0.1) is 0 Å². The highest BCUT2D eigenvalue weighted by Crippen LogP contribution is 2.20. The molecule has 0 aromatic heterocycles. The quantitative estimate of drug-likeness (QED) is 0.921. The number of carbonyl (C=O) groups is 1. The number of rotatable bonds is 4. The number of anilines is 1. The first kappa shape index (κ1) is 14.8. The van der Waals surface area contributed by atoms with Crippen molar-refractivity contribution >= 4 is 33.2 Å². The zero-order chi connectivity index (χ0) is 13.8. The summed E-state index contributed by atoms with van der Waals surface area (Å²) in [6.45, 7) is 2.17. The zero-order valence-electron chi connectivity index (χ0n) is 10.2. The first-order valence-corrected chi connectivity index (χ1v) is 7.76. The molecule has 1 N–H and O–H groups in total. The second kappa shape index (κ2) is 6.06. The highest BCUT2D eigenvalue weighted by atomic mass is 35.5. The minimum absolute atomic E-state index is 0.390. The van der Waals surface area contributed by atoms with Crippen LogP contribution in [0.15, 0.2) is 24.3 Å². The monoisotopic (exact) mass is 290 g/mol. The highest BCUT2D eigenvalue weighted by molar-refractivity contribution is 7.90. The highest BCUT2D eigenvalue weighted by Gasteiger charge is 2.19. The Bertz CT molecular complexity index is 531. The number of nitrogens with zero attached hydrogens (tertiary/aromatic N) is 1. The maximum atomic E-state index is 11.8. The van der Waals surface area contributed by atoms with Crippen LogP contribution in [0.3, 0.4) is 0 Å². The average Bonchev–Trinajstić information content (AvgIpc) is 2.25. The molecule has 18 heavy (non-hydrogen) atoms. The van der Waals surface area contributed by atoms with Crippen molar-refractivity contribution in [3.8, 4) is 0 Å². The third-order valence-corrected chi connectivity index (χ3v) is 3.02. The zero-order valence-corrected chi connectivity index (χ0v) is 11.8. The average molecular weight is 291 g/mol. The van der Waals surface area contributed by atoms with Gasteiger partial charge < -0.3 is 5.32 Å². The van der Waals surface area contributed by atoms with Crippen molar-refractivity contribution in [3.05, 3.63) is 29.3 Å². The number of benzene rings is 1. The molecule has 1 rings (SSSR count). The van der Waals surface area contributed by atoms with Gasteiger partial charge in [0.05, 0.1) is 0 Å². The van der Waals surface area contributed by atoms with Gasteiger partial charge in [0.25, 0.3) is 0 Å². The van der Waals surface area contributed by atoms with E-state index in [1.54, 1.807) is 31.2 Å². The lowest BCUT2D eigenvalue weighted by Crippen LogP contribution is -2.42. The molecule has 0 fully saturated rings. The Hall–Kier alpha value is -1.27. The Morgan fingerprint density at radius 1 is 1.44 bits per heavy atom. The van der Waals surface area contributed by atoms with Crippen LogP contribution in [0.4, 0.5) is 10.5 Å². The molecule has 2 amide bonds. The molecule has 0 heterocycles. The summed E-state index contributed by atoms with van der Waals surface area (Å²) in [7, 11) is -3.33. The van der Waals surface area contributed by atoms with Gasteiger partial charge >= 0.3 is 6.03 Å². The minimum Gasteiger partial charge on any atom is -0.338 e. The topological polar surface area (TPSA) is 66.5 Å². The number of amides is 2. The van der Waals surface area contributed by atoms with Crippen LogP contribution in [0.1, 0.15) is 6.92 Å². The van der Waals surface area contributed by atoms with Gasteiger partial charge in [0.15, 0.2) is 9.84 Å². The van der Waals surface area contributed by atoms with Crippen molar-refractivity contribution in [2.24, 2.45) is 0 Å². The molecule has 1 aromatic carbocycles. The number of hydrogen-bond acceptors (Lipinski definition) is 3. The summed E-state index contributed by atoms with van der Waals surface area (Å²) in [5.41, 5.74) is 0.443. The van der Waals surface area contributed by atoms with Gasteiger partial charge in [-0.05, 0) is 25.1 Å². The van der Waals surface area contributed by atoms with Gasteiger partial charge in [-0.1, -0.05) is 17.7 Å². The fourth-order valence-electron chi connectivity index (χ4n) is 1.38. The molecule has 7 heteroatoms. The second-order valence-electron chi connectivity index (χ2n) is 3.80. The van der Waals surface area contributed by atoms with Crippen molar-refractivity contribution in [3.63, 3.8) is 0 Å². The van der Waals surface area contributed by atoms with Crippen molar-refractivity contribution in [1.29, 1.82) is 0 Å². The summed E-state index contributed by atoms with van der Waals surface area (Å²) >= 11 is 5.83. The molecule has 0 atom stereocenters. The summed E-state index contributed by atoms with van der Waals surface area (Å²) in [5, 5.41) is 3.01. The fourth-order valence-corrected chi connectivity index (χ4v) is 2.30. The van der Waals surface area contributed by atoms with Gasteiger partial charge in [0, 0.05) is 23.5 Å². The molecule has 1 aromatic rings. The Labute approximate surface area is 112 Å². The normalized spacial score (nSPS) is 11.1. The Morgan fingerprint density at radius 3 is 2.61 bits per heavy atom. The van der Waals surface area contributed by atoms with E-state index in [2.05, 4.69) is 5.32 Å². The molecule has 0 saturated carbocycles. The van der Waals surface area contributed by atoms with E-state index < -0.39 is 15.9 Å². The van der Waals surface area contributed by atoms with Crippen molar-refractivity contribution < 1.29 is 13.2 Å². The van der Waals surface area contributed by atoms with Crippen molar-refractivity contribution in [2.75, 3.05) is 23.6 Å². The molecule has 0 saturated heterocycles. The van der Waals surface area contributed by atoms with E-state index in [1.807, 2.05) is 0 Å². The van der Waals surface area contributed by atoms with Crippen LogP contribution < -0.4 is 10.2 Å². The Balaban J connectivity index is 3.08. The largest absolute Gasteiger partial charge is 0.338 e. The number of halogens is 1. The van der Waals surface area contributed by atoms with E-state index >= 15 is 0 Å². The molecule has 0 aliphatic rings. The standard InChI is InChI=1S/C11H15ClN2O3S/c1-3-13-11(15)14(8-18(2,16)17)10-6-4-5-9(12)7-10/h4-7H,3,8H2,1-2H3,(H,13,15). The summed E-state index contributed by atoms with van der Waals surface area (Å²) < 4.78 is 22.7. The number of nitrogens with one attached hydrogen (secondary N) is 1. The van der Waals surface area contributed by atoms with Crippen molar-refractivity contribution in [2.45, 2.75) is 6.92 Å². The maximum Gasteiger partial charge on any atom is 0.322 e. The van der Waals surface area contributed by atoms with Gasteiger partial charge in [-0.2, -0.15) is 0 Å². The number of sulfone groups is 1. The lowest BCUT2D eigenvalue weighted by molar-refractivity contribution is 0.247. The van der Waals surface area contributed by atoms with Crippen LogP contribution in [0.5, 0.6) is 0 Å². The lowest BCUT2D eigenvalue weighted by Gasteiger charge is -2.22. The lowest BCUT2D eigenvalue weighted by atomic mass is 10.3. The summed E-state index contributed by atoms with van der Waals surface area (Å²) in [6, 6.07) is 6.02. The maximum absolute atomic E-state index is 11.8. The van der Waals surface area contributed by atoms with Crippen LogP contribution in [-0.4, -0.2) is 33.1 Å². The SMILES string of the molecule is CCNC(=O)N(CS(C)(=O)=O)c1cccc(Cl)c1. The summed E-state index contributed by atoms with van der Waals surface area (Å²) in [5.74, 6) is -0.390. The van der Waals surface area contributed by atoms with Gasteiger partial charge in [0.1, 0.15) is 5.88 Å². The van der Waals surface area contributed by atoms with E-state index in [1.165, 1.54) is 0 Å². The molecule has 0 spiro atoms. The second-order valence-corrected chi connectivity index (χ2v) is 6.34. The van der Waals surface area contributed by atoms with Crippen LogP contribution in [-0.2, 0) is 9.84 Å². The molecule has 0 radical (unpaired) electrons. The molecule has 0 bridgehead atoms. The predicted octanol–water partition coefficient (Wildman–Crippen LogP) is 1.88.